The molecular formula is C18H25NO5. The number of hydrogen-bond donors (Lipinski definition) is 1. The van der Waals surface area contributed by atoms with Gasteiger partial charge in [-0.1, -0.05) is 17.8 Å². The second kappa shape index (κ2) is 11.4. The summed E-state index contributed by atoms with van der Waals surface area (Å²) in [5, 5.41) is 2.72. The highest BCUT2D eigenvalue weighted by molar-refractivity contribution is 5.69. The number of terminal acetylenes is 3. The molecule has 0 aromatic carbocycles. The Morgan fingerprint density at radius 1 is 0.875 bits per heavy atom. The lowest BCUT2D eigenvalue weighted by molar-refractivity contribution is -0.0299. The number of carbonyl (C=O) groups is 1. The van der Waals surface area contributed by atoms with E-state index in [-0.39, 0.29) is 39.6 Å². The number of hydrogen-bond acceptors (Lipinski definition) is 5. The van der Waals surface area contributed by atoms with Crippen molar-refractivity contribution in [2.75, 3.05) is 39.6 Å². The molecule has 1 amide bonds. The fourth-order valence-electron chi connectivity index (χ4n) is 1.67. The highest BCUT2D eigenvalue weighted by Gasteiger charge is 2.35. The molecule has 0 aromatic heterocycles. The molecule has 6 heteroatoms. The Hall–Kier alpha value is -2.17. The summed E-state index contributed by atoms with van der Waals surface area (Å²) in [6.07, 6.45) is 14.9. The van der Waals surface area contributed by atoms with Gasteiger partial charge in [0.2, 0.25) is 0 Å². The SMILES string of the molecule is C#CCOCC(COCC#C)(COCC#C)NC(=O)OC(C)(C)C. The van der Waals surface area contributed by atoms with Crippen LogP contribution in [0.25, 0.3) is 0 Å². The zero-order chi connectivity index (χ0) is 18.5. The summed E-state index contributed by atoms with van der Waals surface area (Å²) < 4.78 is 21.4. The number of rotatable bonds is 10. The average molecular weight is 335 g/mol. The van der Waals surface area contributed by atoms with Crippen molar-refractivity contribution < 1.29 is 23.7 Å². The van der Waals surface area contributed by atoms with Gasteiger partial charge in [0.05, 0.1) is 19.8 Å². The summed E-state index contributed by atoms with van der Waals surface area (Å²) >= 11 is 0. The summed E-state index contributed by atoms with van der Waals surface area (Å²) in [5.74, 6) is 7.06. The molecule has 0 bridgehead atoms. The molecule has 1 N–H and O–H groups in total. The van der Waals surface area contributed by atoms with E-state index < -0.39 is 17.2 Å². The standard InChI is InChI=1S/C18H25NO5/c1-7-10-21-13-18(14-22-11-8-2,15-23-12-9-3)19-16(20)24-17(4,5)6/h1-3H,10-15H2,4-6H3,(H,19,20). The van der Waals surface area contributed by atoms with Gasteiger partial charge in [-0.3, -0.25) is 0 Å². The van der Waals surface area contributed by atoms with Crippen molar-refractivity contribution in [2.24, 2.45) is 0 Å². The van der Waals surface area contributed by atoms with Crippen molar-refractivity contribution in [2.45, 2.75) is 31.9 Å². The van der Waals surface area contributed by atoms with Gasteiger partial charge in [-0.05, 0) is 20.8 Å². The third-order valence-corrected chi connectivity index (χ3v) is 2.46. The first kappa shape index (κ1) is 21.8. The van der Waals surface area contributed by atoms with E-state index in [1.165, 1.54) is 0 Å². The van der Waals surface area contributed by atoms with Crippen LogP contribution in [0.15, 0.2) is 0 Å². The van der Waals surface area contributed by atoms with Crippen molar-refractivity contribution in [1.29, 1.82) is 0 Å². The minimum Gasteiger partial charge on any atom is -0.444 e. The lowest BCUT2D eigenvalue weighted by atomic mass is 10.0. The van der Waals surface area contributed by atoms with Gasteiger partial charge in [0, 0.05) is 0 Å². The maximum Gasteiger partial charge on any atom is 0.408 e. The lowest BCUT2D eigenvalue weighted by Crippen LogP contribution is -2.59. The monoisotopic (exact) mass is 335 g/mol. The smallest absolute Gasteiger partial charge is 0.408 e. The van der Waals surface area contributed by atoms with Crippen LogP contribution in [0, 0.1) is 37.0 Å². The normalized spacial score (nSPS) is 11.0. The highest BCUT2D eigenvalue weighted by Crippen LogP contribution is 2.12. The number of carbonyl (C=O) groups excluding carboxylic acids is 1. The van der Waals surface area contributed by atoms with Crippen LogP contribution >= 0.6 is 0 Å². The maximum atomic E-state index is 12.2. The molecule has 0 aliphatic heterocycles. The van der Waals surface area contributed by atoms with E-state index in [1.807, 2.05) is 0 Å². The molecular weight excluding hydrogens is 310 g/mol. The third-order valence-electron chi connectivity index (χ3n) is 2.46. The fraction of sp³-hybridized carbons (Fsp3) is 0.611. The second-order valence-corrected chi connectivity index (χ2v) is 6.00. The van der Waals surface area contributed by atoms with Crippen LogP contribution in [0.2, 0.25) is 0 Å². The maximum absolute atomic E-state index is 12.2. The first-order chi connectivity index (χ1) is 11.3. The molecule has 0 atom stereocenters. The molecule has 24 heavy (non-hydrogen) atoms. The minimum atomic E-state index is -1.03. The van der Waals surface area contributed by atoms with Gasteiger partial charge in [-0.2, -0.15) is 0 Å². The van der Waals surface area contributed by atoms with Gasteiger partial charge in [0.15, 0.2) is 0 Å². The number of ether oxygens (including phenoxy) is 4. The zero-order valence-electron chi connectivity index (χ0n) is 14.5. The van der Waals surface area contributed by atoms with Crippen LogP contribution in [-0.2, 0) is 18.9 Å². The summed E-state index contributed by atoms with van der Waals surface area (Å²) in [6.45, 7) is 5.63. The van der Waals surface area contributed by atoms with E-state index in [1.54, 1.807) is 20.8 Å². The number of alkyl carbamates (subject to hydrolysis) is 1. The molecule has 0 saturated carbocycles. The third kappa shape index (κ3) is 10.5. The van der Waals surface area contributed by atoms with Crippen molar-refractivity contribution in [3.63, 3.8) is 0 Å². The van der Waals surface area contributed by atoms with Crippen LogP contribution in [0.4, 0.5) is 4.79 Å². The molecule has 0 saturated heterocycles. The first-order valence-electron chi connectivity index (χ1n) is 7.33. The van der Waals surface area contributed by atoms with Gasteiger partial charge in [0.1, 0.15) is 31.0 Å². The molecule has 0 spiro atoms. The van der Waals surface area contributed by atoms with Gasteiger partial charge >= 0.3 is 6.09 Å². The molecule has 0 fully saturated rings. The Morgan fingerprint density at radius 3 is 1.54 bits per heavy atom. The molecule has 0 unspecified atom stereocenters. The predicted molar refractivity (Wildman–Crippen MR) is 91.1 cm³/mol. The first-order valence-corrected chi connectivity index (χ1v) is 7.33. The number of amides is 1. The molecule has 0 aliphatic carbocycles. The largest absolute Gasteiger partial charge is 0.444 e. The zero-order valence-corrected chi connectivity index (χ0v) is 14.5. The summed E-state index contributed by atoms with van der Waals surface area (Å²) in [7, 11) is 0. The number of nitrogens with one attached hydrogen (secondary N) is 1. The van der Waals surface area contributed by atoms with Crippen LogP contribution < -0.4 is 5.32 Å². The van der Waals surface area contributed by atoms with E-state index in [2.05, 4.69) is 23.1 Å². The molecule has 0 heterocycles. The van der Waals surface area contributed by atoms with Crippen molar-refractivity contribution in [3.05, 3.63) is 0 Å². The molecule has 0 aliphatic rings. The van der Waals surface area contributed by atoms with E-state index in [0.717, 1.165) is 0 Å². The molecule has 6 nitrogen and oxygen atoms in total. The lowest BCUT2D eigenvalue weighted by Gasteiger charge is -2.34. The van der Waals surface area contributed by atoms with E-state index in [0.29, 0.717) is 0 Å². The van der Waals surface area contributed by atoms with Gasteiger partial charge in [-0.15, -0.1) is 19.3 Å². The van der Waals surface area contributed by atoms with E-state index >= 15 is 0 Å². The van der Waals surface area contributed by atoms with Crippen LogP contribution in [-0.4, -0.2) is 56.9 Å². The van der Waals surface area contributed by atoms with E-state index in [4.69, 9.17) is 38.2 Å². The Kier molecular flexibility index (Phi) is 10.3. The Balaban J connectivity index is 5.11. The van der Waals surface area contributed by atoms with Crippen molar-refractivity contribution in [1.82, 2.24) is 5.32 Å². The average Bonchev–Trinajstić information content (AvgIpc) is 2.46. The Morgan fingerprint density at radius 2 is 1.25 bits per heavy atom. The molecule has 0 aromatic rings. The summed E-state index contributed by atoms with van der Waals surface area (Å²) in [4.78, 5) is 12.2. The highest BCUT2D eigenvalue weighted by atomic mass is 16.6. The second-order valence-electron chi connectivity index (χ2n) is 6.00. The van der Waals surface area contributed by atoms with Crippen LogP contribution in [0.1, 0.15) is 20.8 Å². The van der Waals surface area contributed by atoms with Gasteiger partial charge in [-0.25, -0.2) is 4.79 Å². The van der Waals surface area contributed by atoms with Crippen molar-refractivity contribution in [3.8, 4) is 37.0 Å². The Bertz CT molecular complexity index is 451. The quantitative estimate of drug-likeness (QED) is 0.480. The summed E-state index contributed by atoms with van der Waals surface area (Å²) in [6, 6.07) is 0. The van der Waals surface area contributed by atoms with Crippen LogP contribution in [0.5, 0.6) is 0 Å². The van der Waals surface area contributed by atoms with Crippen LogP contribution in [0.3, 0.4) is 0 Å². The minimum absolute atomic E-state index is 0.0472. The predicted octanol–water partition coefficient (Wildman–Crippen LogP) is 1.20. The Labute approximate surface area is 144 Å². The molecule has 132 valence electrons. The fourth-order valence-corrected chi connectivity index (χ4v) is 1.67. The topological polar surface area (TPSA) is 66.0 Å². The van der Waals surface area contributed by atoms with Crippen molar-refractivity contribution >= 4 is 6.09 Å². The summed E-state index contributed by atoms with van der Waals surface area (Å²) in [5.41, 5.74) is -1.69. The molecule has 0 rings (SSSR count). The molecule has 0 radical (unpaired) electrons. The van der Waals surface area contributed by atoms with E-state index in [9.17, 15) is 4.79 Å². The van der Waals surface area contributed by atoms with Gasteiger partial charge in [0.25, 0.3) is 0 Å². The van der Waals surface area contributed by atoms with Gasteiger partial charge < -0.3 is 24.3 Å².